The zero-order valence-corrected chi connectivity index (χ0v) is 19.4. The molecule has 0 radical (unpaired) electrons. The van der Waals surface area contributed by atoms with Crippen LogP contribution in [0.25, 0.3) is 0 Å². The van der Waals surface area contributed by atoms with Crippen LogP contribution in [-0.2, 0) is 14.8 Å². The highest BCUT2D eigenvalue weighted by Gasteiger charge is 2.31. The Morgan fingerprint density at radius 2 is 1.81 bits per heavy atom. The molecular weight excluding hydrogens is 461 g/mol. The number of nitrogens with zero attached hydrogens (tertiary/aromatic N) is 1. The number of nitrogens with one attached hydrogen (secondary N) is 2. The molecular formula is C21H23Cl2N3O4S. The molecule has 0 aromatic heterocycles. The molecule has 31 heavy (non-hydrogen) atoms. The van der Waals surface area contributed by atoms with Gasteiger partial charge in [-0.3, -0.25) is 9.59 Å². The molecule has 1 atom stereocenters. The Morgan fingerprint density at radius 1 is 1.06 bits per heavy atom. The van der Waals surface area contributed by atoms with E-state index in [1.165, 1.54) is 35.5 Å². The lowest BCUT2D eigenvalue weighted by Gasteiger charge is -2.30. The van der Waals surface area contributed by atoms with E-state index in [1.54, 1.807) is 12.1 Å². The van der Waals surface area contributed by atoms with Gasteiger partial charge in [-0.05, 0) is 55.2 Å². The number of anilines is 2. The van der Waals surface area contributed by atoms with E-state index in [4.69, 9.17) is 23.2 Å². The summed E-state index contributed by atoms with van der Waals surface area (Å²) in [6.45, 7) is 4.23. The SMILES string of the molecule is CC(=O)Nc1ccc(NC(=O)c2ccc(Cl)c(S(=O)(=O)N3CCCC(C)C3)c2)cc1Cl. The zero-order chi connectivity index (χ0) is 22.8. The summed E-state index contributed by atoms with van der Waals surface area (Å²) in [7, 11) is -3.82. The van der Waals surface area contributed by atoms with Gasteiger partial charge in [-0.2, -0.15) is 4.31 Å². The van der Waals surface area contributed by atoms with Crippen LogP contribution in [0.4, 0.5) is 11.4 Å². The van der Waals surface area contributed by atoms with E-state index in [0.29, 0.717) is 24.5 Å². The second-order valence-corrected chi connectivity index (χ2v) is 10.3. The minimum Gasteiger partial charge on any atom is -0.325 e. The zero-order valence-electron chi connectivity index (χ0n) is 17.1. The highest BCUT2D eigenvalue weighted by Crippen LogP contribution is 2.30. The van der Waals surface area contributed by atoms with Crippen molar-refractivity contribution in [2.24, 2.45) is 5.92 Å². The molecule has 2 aromatic rings. The van der Waals surface area contributed by atoms with Gasteiger partial charge in [-0.15, -0.1) is 0 Å². The van der Waals surface area contributed by atoms with Crippen molar-refractivity contribution >= 4 is 56.4 Å². The maximum atomic E-state index is 13.1. The predicted octanol–water partition coefficient (Wildman–Crippen LogP) is 4.62. The molecule has 2 N–H and O–H groups in total. The standard InChI is InChI=1S/C21H23Cl2N3O4S/c1-13-4-3-9-26(12-13)31(29,30)20-10-15(5-7-17(20)22)21(28)25-16-6-8-19(18(23)11-16)24-14(2)27/h5-8,10-11,13H,3-4,9,12H2,1-2H3,(H,24,27)(H,25,28). The van der Waals surface area contributed by atoms with Crippen molar-refractivity contribution in [3.05, 3.63) is 52.0 Å². The number of halogens is 2. The van der Waals surface area contributed by atoms with Crippen molar-refractivity contribution in [1.82, 2.24) is 4.31 Å². The monoisotopic (exact) mass is 483 g/mol. The lowest BCUT2D eigenvalue weighted by Crippen LogP contribution is -2.39. The fourth-order valence-electron chi connectivity index (χ4n) is 3.43. The number of sulfonamides is 1. The van der Waals surface area contributed by atoms with Gasteiger partial charge in [0.25, 0.3) is 5.91 Å². The third-order valence-corrected chi connectivity index (χ3v) is 7.63. The van der Waals surface area contributed by atoms with Gasteiger partial charge in [-0.25, -0.2) is 8.42 Å². The summed E-state index contributed by atoms with van der Waals surface area (Å²) in [6.07, 6.45) is 1.76. The summed E-state index contributed by atoms with van der Waals surface area (Å²) in [5, 5.41) is 5.58. The smallest absolute Gasteiger partial charge is 0.255 e. The molecule has 1 unspecified atom stereocenters. The maximum Gasteiger partial charge on any atom is 0.255 e. The van der Waals surface area contributed by atoms with Gasteiger partial charge < -0.3 is 10.6 Å². The second kappa shape index (κ2) is 9.56. The number of hydrogen-bond donors (Lipinski definition) is 2. The number of amides is 2. The highest BCUT2D eigenvalue weighted by atomic mass is 35.5. The van der Waals surface area contributed by atoms with Gasteiger partial charge in [0.2, 0.25) is 15.9 Å². The average molecular weight is 484 g/mol. The van der Waals surface area contributed by atoms with Crippen LogP contribution in [0.2, 0.25) is 10.0 Å². The molecule has 1 aliphatic heterocycles. The summed E-state index contributed by atoms with van der Waals surface area (Å²) >= 11 is 12.3. The summed E-state index contributed by atoms with van der Waals surface area (Å²) in [5.74, 6) is -0.515. The molecule has 1 heterocycles. The largest absolute Gasteiger partial charge is 0.325 e. The third kappa shape index (κ3) is 5.57. The normalized spacial score (nSPS) is 17.2. The highest BCUT2D eigenvalue weighted by molar-refractivity contribution is 7.89. The van der Waals surface area contributed by atoms with Crippen molar-refractivity contribution in [1.29, 1.82) is 0 Å². The van der Waals surface area contributed by atoms with Crippen LogP contribution in [0.15, 0.2) is 41.3 Å². The molecule has 0 bridgehead atoms. The summed E-state index contributed by atoms with van der Waals surface area (Å²) in [5.41, 5.74) is 0.964. The van der Waals surface area contributed by atoms with E-state index in [2.05, 4.69) is 10.6 Å². The minimum absolute atomic E-state index is 0.0671. The molecule has 0 aliphatic carbocycles. The number of hydrogen-bond acceptors (Lipinski definition) is 4. The Labute approximate surface area is 191 Å². The molecule has 7 nitrogen and oxygen atoms in total. The maximum absolute atomic E-state index is 13.1. The van der Waals surface area contributed by atoms with Crippen molar-refractivity contribution in [3.8, 4) is 0 Å². The Bertz CT molecular complexity index is 1120. The van der Waals surface area contributed by atoms with Crippen molar-refractivity contribution < 1.29 is 18.0 Å². The van der Waals surface area contributed by atoms with Crippen LogP contribution in [0.5, 0.6) is 0 Å². The Balaban J connectivity index is 1.83. The quantitative estimate of drug-likeness (QED) is 0.647. The summed E-state index contributed by atoms with van der Waals surface area (Å²) < 4.78 is 27.7. The molecule has 10 heteroatoms. The number of benzene rings is 2. The number of carbonyl (C=O) groups is 2. The first kappa shape index (κ1) is 23.5. The number of carbonyl (C=O) groups excluding carboxylic acids is 2. The fraction of sp³-hybridized carbons (Fsp3) is 0.333. The van der Waals surface area contributed by atoms with Crippen LogP contribution in [0.1, 0.15) is 37.0 Å². The van der Waals surface area contributed by atoms with Crippen molar-refractivity contribution in [3.63, 3.8) is 0 Å². The molecule has 0 spiro atoms. The first-order chi connectivity index (χ1) is 14.6. The number of rotatable bonds is 5. The molecule has 1 fully saturated rings. The van der Waals surface area contributed by atoms with Crippen LogP contribution in [0.3, 0.4) is 0 Å². The van der Waals surface area contributed by atoms with Crippen LogP contribution >= 0.6 is 23.2 Å². The van der Waals surface area contributed by atoms with Crippen molar-refractivity contribution in [2.75, 3.05) is 23.7 Å². The van der Waals surface area contributed by atoms with Gasteiger partial charge in [0, 0.05) is 31.3 Å². The lowest BCUT2D eigenvalue weighted by atomic mass is 10.0. The third-order valence-electron chi connectivity index (χ3n) is 4.97. The molecule has 2 amide bonds. The van der Waals surface area contributed by atoms with Crippen molar-refractivity contribution in [2.45, 2.75) is 31.6 Å². The average Bonchev–Trinajstić information content (AvgIpc) is 2.70. The van der Waals surface area contributed by atoms with Crippen LogP contribution in [0, 0.1) is 5.92 Å². The van der Waals surface area contributed by atoms with E-state index < -0.39 is 15.9 Å². The minimum atomic E-state index is -3.82. The molecule has 0 saturated carbocycles. The van der Waals surface area contributed by atoms with E-state index in [-0.39, 0.29) is 32.3 Å². The number of piperidine rings is 1. The molecule has 1 aliphatic rings. The van der Waals surface area contributed by atoms with Crippen LogP contribution in [-0.4, -0.2) is 37.6 Å². The van der Waals surface area contributed by atoms with Gasteiger partial charge in [0.05, 0.1) is 15.7 Å². The molecule has 3 rings (SSSR count). The first-order valence-corrected chi connectivity index (χ1v) is 12.0. The van der Waals surface area contributed by atoms with E-state index in [0.717, 1.165) is 12.8 Å². The second-order valence-electron chi connectivity index (χ2n) is 7.59. The van der Waals surface area contributed by atoms with Gasteiger partial charge in [0.15, 0.2) is 0 Å². The van der Waals surface area contributed by atoms with Gasteiger partial charge in [-0.1, -0.05) is 30.1 Å². The Hall–Kier alpha value is -2.13. The summed E-state index contributed by atoms with van der Waals surface area (Å²) in [6, 6.07) is 8.80. The molecule has 1 saturated heterocycles. The predicted molar refractivity (Wildman–Crippen MR) is 122 cm³/mol. The Morgan fingerprint density at radius 3 is 2.45 bits per heavy atom. The lowest BCUT2D eigenvalue weighted by molar-refractivity contribution is -0.114. The first-order valence-electron chi connectivity index (χ1n) is 9.76. The van der Waals surface area contributed by atoms with Crippen LogP contribution < -0.4 is 10.6 Å². The Kier molecular flexibility index (Phi) is 7.26. The summed E-state index contributed by atoms with van der Waals surface area (Å²) in [4.78, 5) is 23.8. The topological polar surface area (TPSA) is 95.6 Å². The van der Waals surface area contributed by atoms with E-state index in [1.807, 2.05) is 6.92 Å². The molecule has 2 aromatic carbocycles. The van der Waals surface area contributed by atoms with Gasteiger partial charge in [0.1, 0.15) is 4.90 Å². The molecule has 166 valence electrons. The van der Waals surface area contributed by atoms with E-state index in [9.17, 15) is 18.0 Å². The van der Waals surface area contributed by atoms with Gasteiger partial charge >= 0.3 is 0 Å². The van der Waals surface area contributed by atoms with E-state index >= 15 is 0 Å². The fourth-order valence-corrected chi connectivity index (χ4v) is 5.76.